The molecule has 1 aromatic heterocycles. The van der Waals surface area contributed by atoms with Crippen LogP contribution in [0, 0.1) is 6.92 Å². The Morgan fingerprint density at radius 2 is 2.00 bits per heavy atom. The first-order valence-electron chi connectivity index (χ1n) is 9.22. The van der Waals surface area contributed by atoms with Crippen LogP contribution in [-0.4, -0.2) is 35.6 Å². The van der Waals surface area contributed by atoms with Gasteiger partial charge in [0, 0.05) is 17.5 Å². The summed E-state index contributed by atoms with van der Waals surface area (Å²) in [6.07, 6.45) is 2.36. The Bertz CT molecular complexity index is 766. The molecule has 0 bridgehead atoms. The van der Waals surface area contributed by atoms with E-state index >= 15 is 0 Å². The molecule has 140 valence electrons. The fraction of sp³-hybridized carbons (Fsp3) is 0.500. The molecule has 0 aliphatic carbocycles. The second kappa shape index (κ2) is 8.23. The van der Waals surface area contributed by atoms with E-state index in [0.717, 1.165) is 23.7 Å². The van der Waals surface area contributed by atoms with Gasteiger partial charge in [0.05, 0.1) is 11.7 Å². The summed E-state index contributed by atoms with van der Waals surface area (Å²) >= 11 is 6.44. The Labute approximate surface area is 159 Å². The van der Waals surface area contributed by atoms with Gasteiger partial charge in [0.2, 0.25) is 0 Å². The first kappa shape index (κ1) is 18.9. The van der Waals surface area contributed by atoms with E-state index in [1.807, 2.05) is 38.1 Å². The third kappa shape index (κ3) is 3.94. The molecule has 2 heterocycles. The Morgan fingerprint density at radius 3 is 2.65 bits per heavy atom. The SMILES string of the molecule is Cc1noc(C(C)C)c1C(=O)NC[C@@H](c1ccccc1Cl)N1CCCC1. The van der Waals surface area contributed by atoms with E-state index in [2.05, 4.69) is 15.4 Å². The molecule has 1 N–H and O–H groups in total. The van der Waals surface area contributed by atoms with Gasteiger partial charge in [-0.15, -0.1) is 0 Å². The summed E-state index contributed by atoms with van der Waals surface area (Å²) in [5, 5.41) is 7.79. The fourth-order valence-corrected chi connectivity index (χ4v) is 3.83. The number of rotatable bonds is 6. The number of carbonyl (C=O) groups excluding carboxylic acids is 1. The average molecular weight is 376 g/mol. The highest BCUT2D eigenvalue weighted by Crippen LogP contribution is 2.30. The quantitative estimate of drug-likeness (QED) is 0.816. The molecule has 1 aromatic carbocycles. The summed E-state index contributed by atoms with van der Waals surface area (Å²) in [7, 11) is 0. The van der Waals surface area contributed by atoms with Gasteiger partial charge in [-0.05, 0) is 44.5 Å². The van der Waals surface area contributed by atoms with Crippen molar-refractivity contribution in [2.75, 3.05) is 19.6 Å². The van der Waals surface area contributed by atoms with Crippen molar-refractivity contribution in [3.63, 3.8) is 0 Å². The molecule has 1 atom stereocenters. The lowest BCUT2D eigenvalue weighted by Gasteiger charge is -2.29. The minimum Gasteiger partial charge on any atom is -0.360 e. The van der Waals surface area contributed by atoms with Crippen molar-refractivity contribution in [2.45, 2.75) is 45.6 Å². The number of nitrogens with zero attached hydrogens (tertiary/aromatic N) is 2. The minimum atomic E-state index is -0.135. The van der Waals surface area contributed by atoms with Crippen LogP contribution in [0.25, 0.3) is 0 Å². The number of halogens is 1. The van der Waals surface area contributed by atoms with Gasteiger partial charge in [-0.3, -0.25) is 9.69 Å². The maximum Gasteiger partial charge on any atom is 0.256 e. The third-order valence-electron chi connectivity index (χ3n) is 4.94. The van der Waals surface area contributed by atoms with Gasteiger partial charge in [-0.2, -0.15) is 0 Å². The van der Waals surface area contributed by atoms with Gasteiger partial charge in [-0.25, -0.2) is 0 Å². The molecule has 1 saturated heterocycles. The normalized spacial score (nSPS) is 16.2. The van der Waals surface area contributed by atoms with Crippen LogP contribution in [0.15, 0.2) is 28.8 Å². The highest BCUT2D eigenvalue weighted by atomic mass is 35.5. The number of aromatic nitrogens is 1. The van der Waals surface area contributed by atoms with Crippen LogP contribution in [0.2, 0.25) is 5.02 Å². The molecular formula is C20H26ClN3O2. The van der Waals surface area contributed by atoms with Crippen LogP contribution in [-0.2, 0) is 0 Å². The van der Waals surface area contributed by atoms with Crippen molar-refractivity contribution >= 4 is 17.5 Å². The second-order valence-electron chi connectivity index (χ2n) is 7.15. The summed E-state index contributed by atoms with van der Waals surface area (Å²) in [4.78, 5) is 15.2. The number of aryl methyl sites for hydroxylation is 1. The molecule has 1 aliphatic heterocycles. The van der Waals surface area contributed by atoms with Crippen molar-refractivity contribution in [1.29, 1.82) is 0 Å². The molecule has 6 heteroatoms. The number of nitrogens with one attached hydrogen (secondary N) is 1. The van der Waals surface area contributed by atoms with Gasteiger partial charge >= 0.3 is 0 Å². The second-order valence-corrected chi connectivity index (χ2v) is 7.56. The number of benzene rings is 1. The zero-order chi connectivity index (χ0) is 18.7. The largest absolute Gasteiger partial charge is 0.360 e. The number of hydrogen-bond acceptors (Lipinski definition) is 4. The summed E-state index contributed by atoms with van der Waals surface area (Å²) in [6, 6.07) is 7.94. The lowest BCUT2D eigenvalue weighted by Crippen LogP contribution is -2.37. The van der Waals surface area contributed by atoms with Crippen molar-refractivity contribution in [2.24, 2.45) is 0 Å². The van der Waals surface area contributed by atoms with E-state index in [4.69, 9.17) is 16.1 Å². The first-order valence-corrected chi connectivity index (χ1v) is 9.59. The van der Waals surface area contributed by atoms with E-state index in [-0.39, 0.29) is 17.9 Å². The minimum absolute atomic E-state index is 0.0674. The molecule has 26 heavy (non-hydrogen) atoms. The molecule has 1 amide bonds. The van der Waals surface area contributed by atoms with E-state index < -0.39 is 0 Å². The summed E-state index contributed by atoms with van der Waals surface area (Å²) in [5.41, 5.74) is 2.24. The van der Waals surface area contributed by atoms with Crippen LogP contribution >= 0.6 is 11.6 Å². The first-order chi connectivity index (χ1) is 12.5. The van der Waals surface area contributed by atoms with Crippen LogP contribution in [0.1, 0.15) is 66.0 Å². The Balaban J connectivity index is 1.79. The zero-order valence-corrected chi connectivity index (χ0v) is 16.3. The predicted octanol–water partition coefficient (Wildman–Crippen LogP) is 4.33. The van der Waals surface area contributed by atoms with E-state index in [1.54, 1.807) is 6.92 Å². The Hall–Kier alpha value is -1.85. The lowest BCUT2D eigenvalue weighted by atomic mass is 10.0. The maximum atomic E-state index is 12.8. The van der Waals surface area contributed by atoms with Gasteiger partial charge < -0.3 is 9.84 Å². The molecule has 2 aromatic rings. The fourth-order valence-electron chi connectivity index (χ4n) is 3.57. The van der Waals surface area contributed by atoms with Gasteiger partial charge in [0.25, 0.3) is 5.91 Å². The Morgan fingerprint density at radius 1 is 1.31 bits per heavy atom. The molecule has 1 aliphatic rings. The maximum absolute atomic E-state index is 12.8. The standard InChI is InChI=1S/C20H26ClN3O2/c1-13(2)19-18(14(3)23-26-19)20(25)22-12-17(24-10-6-7-11-24)15-8-4-5-9-16(15)21/h4-5,8-9,13,17H,6-7,10-12H2,1-3H3,(H,22,25)/t17-/m0/s1. The molecule has 0 radical (unpaired) electrons. The van der Waals surface area contributed by atoms with Crippen LogP contribution in [0.4, 0.5) is 0 Å². The van der Waals surface area contributed by atoms with E-state index in [0.29, 0.717) is 23.6 Å². The molecule has 5 nitrogen and oxygen atoms in total. The van der Waals surface area contributed by atoms with Gasteiger partial charge in [0.15, 0.2) is 5.76 Å². The van der Waals surface area contributed by atoms with Crippen molar-refractivity contribution < 1.29 is 9.32 Å². The highest BCUT2D eigenvalue weighted by molar-refractivity contribution is 6.31. The van der Waals surface area contributed by atoms with Crippen molar-refractivity contribution in [3.8, 4) is 0 Å². The molecule has 0 saturated carbocycles. The van der Waals surface area contributed by atoms with E-state index in [1.165, 1.54) is 12.8 Å². The molecule has 3 rings (SSSR count). The zero-order valence-electron chi connectivity index (χ0n) is 15.6. The monoisotopic (exact) mass is 375 g/mol. The predicted molar refractivity (Wildman–Crippen MR) is 103 cm³/mol. The van der Waals surface area contributed by atoms with Crippen molar-refractivity contribution in [1.82, 2.24) is 15.4 Å². The number of amides is 1. The summed E-state index contributed by atoms with van der Waals surface area (Å²) in [5.74, 6) is 0.606. The van der Waals surface area contributed by atoms with Gasteiger partial charge in [0.1, 0.15) is 5.56 Å². The Kier molecular flexibility index (Phi) is 5.99. The van der Waals surface area contributed by atoms with Crippen LogP contribution in [0.5, 0.6) is 0 Å². The van der Waals surface area contributed by atoms with Crippen LogP contribution < -0.4 is 5.32 Å². The smallest absolute Gasteiger partial charge is 0.256 e. The summed E-state index contributed by atoms with van der Waals surface area (Å²) in [6.45, 7) is 8.34. The molecule has 0 unspecified atom stereocenters. The highest BCUT2D eigenvalue weighted by Gasteiger charge is 2.27. The topological polar surface area (TPSA) is 58.4 Å². The number of hydrogen-bond donors (Lipinski definition) is 1. The van der Waals surface area contributed by atoms with Crippen LogP contribution in [0.3, 0.4) is 0 Å². The number of carbonyl (C=O) groups is 1. The molecule has 1 fully saturated rings. The molecule has 0 spiro atoms. The lowest BCUT2D eigenvalue weighted by molar-refractivity contribution is 0.0935. The third-order valence-corrected chi connectivity index (χ3v) is 5.29. The number of likely N-dealkylation sites (tertiary alicyclic amines) is 1. The summed E-state index contributed by atoms with van der Waals surface area (Å²) < 4.78 is 5.35. The van der Waals surface area contributed by atoms with Gasteiger partial charge in [-0.1, -0.05) is 48.8 Å². The van der Waals surface area contributed by atoms with E-state index in [9.17, 15) is 4.79 Å². The van der Waals surface area contributed by atoms with Crippen molar-refractivity contribution in [3.05, 3.63) is 51.9 Å². The average Bonchev–Trinajstić information content (AvgIpc) is 3.26. The molecular weight excluding hydrogens is 350 g/mol.